The van der Waals surface area contributed by atoms with Crippen molar-refractivity contribution in [3.63, 3.8) is 0 Å². The quantitative estimate of drug-likeness (QED) is 0.711. The Balaban J connectivity index is 1.67. The Morgan fingerprint density at radius 2 is 2.00 bits per heavy atom. The fourth-order valence-electron chi connectivity index (χ4n) is 3.15. The Morgan fingerprint density at radius 3 is 2.59 bits per heavy atom. The lowest BCUT2D eigenvalue weighted by molar-refractivity contribution is -0.0184. The van der Waals surface area contributed by atoms with Crippen molar-refractivity contribution in [2.45, 2.75) is 38.3 Å². The molecule has 1 unspecified atom stereocenters. The van der Waals surface area contributed by atoms with Crippen LogP contribution < -0.4 is 5.32 Å². The summed E-state index contributed by atoms with van der Waals surface area (Å²) in [6, 6.07) is 0. The lowest BCUT2D eigenvalue weighted by atomic mass is 9.69. The number of aliphatic hydroxyl groups excluding tert-OH is 1. The van der Waals surface area contributed by atoms with Gasteiger partial charge in [-0.2, -0.15) is 0 Å². The fraction of sp³-hybridized carbons (Fsp3) is 1.00. The highest BCUT2D eigenvalue weighted by atomic mass is 16.5. The van der Waals surface area contributed by atoms with Crippen LogP contribution in [-0.2, 0) is 9.47 Å². The van der Waals surface area contributed by atoms with Crippen LogP contribution in [0.1, 0.15) is 32.1 Å². The SMILES string of the molecule is COCCOCC1CCC2(CCNC2O)CC1. The highest BCUT2D eigenvalue weighted by Gasteiger charge is 2.44. The van der Waals surface area contributed by atoms with E-state index in [-0.39, 0.29) is 11.6 Å². The number of nitrogens with one attached hydrogen (secondary N) is 1. The maximum Gasteiger partial charge on any atom is 0.110 e. The van der Waals surface area contributed by atoms with E-state index in [1.165, 1.54) is 12.8 Å². The van der Waals surface area contributed by atoms with Crippen LogP contribution in [0.2, 0.25) is 0 Å². The van der Waals surface area contributed by atoms with E-state index in [0.717, 1.165) is 32.4 Å². The molecule has 0 aromatic rings. The third-order valence-corrected chi connectivity index (χ3v) is 4.43. The summed E-state index contributed by atoms with van der Waals surface area (Å²) in [5, 5.41) is 13.1. The molecular weight excluding hydrogens is 218 g/mol. The molecule has 2 rings (SSSR count). The lowest BCUT2D eigenvalue weighted by Gasteiger charge is -2.39. The molecule has 0 amide bonds. The van der Waals surface area contributed by atoms with Crippen LogP contribution in [0.25, 0.3) is 0 Å². The molecule has 1 aliphatic heterocycles. The second-order valence-corrected chi connectivity index (χ2v) is 5.48. The summed E-state index contributed by atoms with van der Waals surface area (Å²) >= 11 is 0. The second kappa shape index (κ2) is 6.14. The molecule has 0 radical (unpaired) electrons. The summed E-state index contributed by atoms with van der Waals surface area (Å²) in [5.41, 5.74) is 0.170. The standard InChI is InChI=1S/C13H25NO3/c1-16-8-9-17-10-11-2-4-13(5-3-11)6-7-14-12(13)15/h11-12,14-15H,2-10H2,1H3. The predicted molar refractivity (Wildman–Crippen MR) is 65.7 cm³/mol. The summed E-state index contributed by atoms with van der Waals surface area (Å²) in [6.45, 7) is 3.20. The van der Waals surface area contributed by atoms with Crippen LogP contribution in [0, 0.1) is 11.3 Å². The van der Waals surface area contributed by atoms with Crippen LogP contribution in [0.4, 0.5) is 0 Å². The fourth-order valence-corrected chi connectivity index (χ4v) is 3.15. The zero-order chi connectivity index (χ0) is 12.1. The van der Waals surface area contributed by atoms with Gasteiger partial charge in [0.25, 0.3) is 0 Å². The summed E-state index contributed by atoms with van der Waals surface area (Å²) in [6.07, 6.45) is 5.50. The smallest absolute Gasteiger partial charge is 0.110 e. The Hall–Kier alpha value is -0.160. The third kappa shape index (κ3) is 3.19. The Labute approximate surface area is 104 Å². The van der Waals surface area contributed by atoms with Gasteiger partial charge < -0.3 is 14.6 Å². The maximum atomic E-state index is 9.98. The van der Waals surface area contributed by atoms with Crippen LogP contribution in [0.3, 0.4) is 0 Å². The van der Waals surface area contributed by atoms with E-state index in [0.29, 0.717) is 19.1 Å². The first kappa shape index (κ1) is 13.3. The normalized spacial score (nSPS) is 37.8. The topological polar surface area (TPSA) is 50.7 Å². The van der Waals surface area contributed by atoms with Crippen molar-refractivity contribution in [1.82, 2.24) is 5.32 Å². The zero-order valence-electron chi connectivity index (χ0n) is 10.8. The Morgan fingerprint density at radius 1 is 1.24 bits per heavy atom. The van der Waals surface area contributed by atoms with Crippen molar-refractivity contribution in [1.29, 1.82) is 0 Å². The average molecular weight is 243 g/mol. The van der Waals surface area contributed by atoms with Gasteiger partial charge >= 0.3 is 0 Å². The van der Waals surface area contributed by atoms with Gasteiger partial charge in [-0.05, 0) is 44.6 Å². The molecule has 0 aromatic heterocycles. The Kier molecular flexibility index (Phi) is 4.79. The lowest BCUT2D eigenvalue weighted by Crippen LogP contribution is -2.39. The van der Waals surface area contributed by atoms with Gasteiger partial charge in [0.05, 0.1) is 13.2 Å². The monoisotopic (exact) mass is 243 g/mol. The maximum absolute atomic E-state index is 9.98. The van der Waals surface area contributed by atoms with Crippen LogP contribution in [0.15, 0.2) is 0 Å². The average Bonchev–Trinajstić information content (AvgIpc) is 2.69. The van der Waals surface area contributed by atoms with Gasteiger partial charge in [-0.3, -0.25) is 5.32 Å². The molecule has 2 aliphatic rings. The minimum Gasteiger partial charge on any atom is -0.382 e. The van der Waals surface area contributed by atoms with Gasteiger partial charge in [0.1, 0.15) is 6.23 Å². The summed E-state index contributed by atoms with van der Waals surface area (Å²) in [7, 11) is 1.70. The largest absolute Gasteiger partial charge is 0.382 e. The highest BCUT2D eigenvalue weighted by Crippen LogP contribution is 2.45. The minimum absolute atomic E-state index is 0.170. The molecule has 100 valence electrons. The van der Waals surface area contributed by atoms with Crippen molar-refractivity contribution < 1.29 is 14.6 Å². The minimum atomic E-state index is -0.280. The molecule has 1 heterocycles. The molecule has 1 atom stereocenters. The molecule has 4 nitrogen and oxygen atoms in total. The van der Waals surface area contributed by atoms with Crippen molar-refractivity contribution >= 4 is 0 Å². The summed E-state index contributed by atoms with van der Waals surface area (Å²) in [4.78, 5) is 0. The molecule has 1 aliphatic carbocycles. The van der Waals surface area contributed by atoms with Crippen LogP contribution in [-0.4, -0.2) is 44.8 Å². The summed E-state index contributed by atoms with van der Waals surface area (Å²) in [5.74, 6) is 0.672. The molecule has 17 heavy (non-hydrogen) atoms. The first-order valence-electron chi connectivity index (χ1n) is 6.75. The number of aliphatic hydroxyl groups is 1. The van der Waals surface area contributed by atoms with Gasteiger partial charge in [-0.1, -0.05) is 0 Å². The molecule has 1 spiro atoms. The second-order valence-electron chi connectivity index (χ2n) is 5.48. The van der Waals surface area contributed by atoms with E-state index in [2.05, 4.69) is 5.32 Å². The number of hydrogen-bond acceptors (Lipinski definition) is 4. The van der Waals surface area contributed by atoms with Crippen molar-refractivity contribution in [2.75, 3.05) is 33.5 Å². The van der Waals surface area contributed by atoms with Gasteiger partial charge in [-0.15, -0.1) is 0 Å². The summed E-state index contributed by atoms with van der Waals surface area (Å²) < 4.78 is 10.5. The molecule has 4 heteroatoms. The zero-order valence-corrected chi connectivity index (χ0v) is 10.8. The highest BCUT2D eigenvalue weighted by molar-refractivity contribution is 4.94. The van der Waals surface area contributed by atoms with E-state index in [4.69, 9.17) is 9.47 Å². The molecular formula is C13H25NO3. The molecule has 2 fully saturated rings. The Bertz CT molecular complexity index is 227. The van der Waals surface area contributed by atoms with Crippen molar-refractivity contribution in [3.8, 4) is 0 Å². The molecule has 0 bridgehead atoms. The van der Waals surface area contributed by atoms with Crippen molar-refractivity contribution in [2.24, 2.45) is 11.3 Å². The third-order valence-electron chi connectivity index (χ3n) is 4.43. The number of rotatable bonds is 5. The predicted octanol–water partition coefficient (Wildman–Crippen LogP) is 1.14. The van der Waals surface area contributed by atoms with E-state index < -0.39 is 0 Å². The number of ether oxygens (including phenoxy) is 2. The molecule has 1 saturated heterocycles. The number of methoxy groups -OCH3 is 1. The van der Waals surface area contributed by atoms with E-state index in [9.17, 15) is 5.11 Å². The molecule has 0 aromatic carbocycles. The number of hydrogen-bond donors (Lipinski definition) is 2. The first-order valence-corrected chi connectivity index (χ1v) is 6.75. The van der Waals surface area contributed by atoms with E-state index in [1.54, 1.807) is 7.11 Å². The van der Waals surface area contributed by atoms with Crippen molar-refractivity contribution in [3.05, 3.63) is 0 Å². The van der Waals surface area contributed by atoms with Crippen LogP contribution >= 0.6 is 0 Å². The van der Waals surface area contributed by atoms with Gasteiger partial charge in [-0.25, -0.2) is 0 Å². The molecule has 1 saturated carbocycles. The van der Waals surface area contributed by atoms with Gasteiger partial charge in [0, 0.05) is 19.1 Å². The van der Waals surface area contributed by atoms with Gasteiger partial charge in [0.15, 0.2) is 0 Å². The van der Waals surface area contributed by atoms with Gasteiger partial charge in [0.2, 0.25) is 0 Å². The van der Waals surface area contributed by atoms with E-state index >= 15 is 0 Å². The van der Waals surface area contributed by atoms with E-state index in [1.807, 2.05) is 0 Å². The first-order chi connectivity index (χ1) is 8.27. The van der Waals surface area contributed by atoms with Crippen LogP contribution in [0.5, 0.6) is 0 Å². The molecule has 2 N–H and O–H groups in total.